The Morgan fingerprint density at radius 3 is 1.26 bits per heavy atom. The van der Waals surface area contributed by atoms with Gasteiger partial charge >= 0.3 is 0 Å². The van der Waals surface area contributed by atoms with E-state index in [4.69, 9.17) is 9.47 Å². The standard InChI is InChI=1S/C64H113NO8/c1-3-5-7-9-11-13-14-15-16-17-18-19-20-21-22-23-24-25-26-27-28-29-30-31-32-33-34-35-36-37-38-39-40-41-42-43-44-46-48-50-52-54-60(68)65-57(58(67)53-51-49-47-45-12-10-8-6-4-2)56-72-64-63(71)62(70)61(69)59(55-66)73-64/h5,7,11,13,15-16,18-19,21-22,24-25,51,53,57-59,61-64,66-67,69-71H,3-4,6,8-10,12,14,17,20,23,26-50,52,54-56H2,1-2H3,(H,65,68)/b7-5-,13-11-,16-15-,19-18-,22-21-,25-24-,53-51+. The number of allylic oxidation sites excluding steroid dienone is 13. The summed E-state index contributed by atoms with van der Waals surface area (Å²) in [5.74, 6) is -0.178. The minimum atomic E-state index is -1.57. The van der Waals surface area contributed by atoms with Crippen molar-refractivity contribution in [2.45, 2.75) is 301 Å². The van der Waals surface area contributed by atoms with Crippen LogP contribution in [0.5, 0.6) is 0 Å². The first-order chi connectivity index (χ1) is 35.8. The Labute approximate surface area is 448 Å². The molecule has 0 aromatic carbocycles. The van der Waals surface area contributed by atoms with Crippen LogP contribution >= 0.6 is 0 Å². The second kappa shape index (κ2) is 52.8. The van der Waals surface area contributed by atoms with Crippen molar-refractivity contribution in [1.29, 1.82) is 0 Å². The molecule has 0 saturated carbocycles. The fraction of sp³-hybridized carbons (Fsp3) is 0.766. The molecule has 0 bridgehead atoms. The van der Waals surface area contributed by atoms with Gasteiger partial charge in [-0.1, -0.05) is 266 Å². The molecule has 0 aromatic heterocycles. The summed E-state index contributed by atoms with van der Waals surface area (Å²) in [6, 6.07) is -0.803. The number of ether oxygens (including phenoxy) is 2. The molecule has 1 rings (SSSR count). The first-order valence-electron chi connectivity index (χ1n) is 30.3. The van der Waals surface area contributed by atoms with Crippen LogP contribution < -0.4 is 5.32 Å². The number of nitrogens with one attached hydrogen (secondary N) is 1. The number of amides is 1. The van der Waals surface area contributed by atoms with E-state index in [0.29, 0.717) is 6.42 Å². The van der Waals surface area contributed by atoms with Crippen LogP contribution in [0.25, 0.3) is 0 Å². The van der Waals surface area contributed by atoms with Gasteiger partial charge in [0.15, 0.2) is 6.29 Å². The van der Waals surface area contributed by atoms with E-state index in [2.05, 4.69) is 92.1 Å². The third-order valence-corrected chi connectivity index (χ3v) is 14.0. The van der Waals surface area contributed by atoms with Crippen LogP contribution in [0.1, 0.15) is 258 Å². The zero-order valence-corrected chi connectivity index (χ0v) is 46.9. The van der Waals surface area contributed by atoms with Crippen molar-refractivity contribution in [3.05, 3.63) is 85.1 Å². The predicted octanol–water partition coefficient (Wildman–Crippen LogP) is 15.4. The van der Waals surface area contributed by atoms with Crippen molar-refractivity contribution in [2.24, 2.45) is 0 Å². The lowest BCUT2D eigenvalue weighted by Gasteiger charge is -2.40. The fourth-order valence-electron chi connectivity index (χ4n) is 9.22. The number of carbonyl (C=O) groups is 1. The molecule has 9 nitrogen and oxygen atoms in total. The summed E-state index contributed by atoms with van der Waals surface area (Å²) in [5.41, 5.74) is 0. The summed E-state index contributed by atoms with van der Waals surface area (Å²) in [6.07, 6.45) is 68.4. The minimum Gasteiger partial charge on any atom is -0.394 e. The van der Waals surface area contributed by atoms with E-state index in [1.54, 1.807) is 6.08 Å². The van der Waals surface area contributed by atoms with Crippen LogP contribution in [-0.4, -0.2) is 87.5 Å². The molecule has 1 saturated heterocycles. The van der Waals surface area contributed by atoms with Crippen LogP contribution in [0.15, 0.2) is 85.1 Å². The maximum atomic E-state index is 13.0. The number of unbranched alkanes of at least 4 members (excludes halogenated alkanes) is 29. The van der Waals surface area contributed by atoms with Gasteiger partial charge in [0, 0.05) is 6.42 Å². The Morgan fingerprint density at radius 1 is 0.479 bits per heavy atom. The molecule has 1 amide bonds. The van der Waals surface area contributed by atoms with E-state index >= 15 is 0 Å². The first-order valence-corrected chi connectivity index (χ1v) is 30.3. The first kappa shape index (κ1) is 68.4. The molecule has 7 atom stereocenters. The molecule has 0 spiro atoms. The minimum absolute atomic E-state index is 0.178. The smallest absolute Gasteiger partial charge is 0.220 e. The highest BCUT2D eigenvalue weighted by Crippen LogP contribution is 2.23. The predicted molar refractivity (Wildman–Crippen MR) is 308 cm³/mol. The molecule has 1 aliphatic heterocycles. The van der Waals surface area contributed by atoms with E-state index in [-0.39, 0.29) is 12.5 Å². The molecule has 1 fully saturated rings. The van der Waals surface area contributed by atoms with E-state index < -0.39 is 49.5 Å². The third kappa shape index (κ3) is 42.2. The summed E-state index contributed by atoms with van der Waals surface area (Å²) in [6.45, 7) is 3.63. The normalized spacial score (nSPS) is 19.7. The molecular weight excluding hydrogens is 911 g/mol. The number of rotatable bonds is 51. The molecule has 422 valence electrons. The lowest BCUT2D eigenvalue weighted by molar-refractivity contribution is -0.302. The Hall–Kier alpha value is -2.63. The highest BCUT2D eigenvalue weighted by Gasteiger charge is 2.44. The van der Waals surface area contributed by atoms with Gasteiger partial charge in [-0.2, -0.15) is 0 Å². The molecule has 9 heteroatoms. The second-order valence-electron chi connectivity index (χ2n) is 20.8. The van der Waals surface area contributed by atoms with Crippen molar-refractivity contribution in [3.8, 4) is 0 Å². The second-order valence-corrected chi connectivity index (χ2v) is 20.8. The summed E-state index contributed by atoms with van der Waals surface area (Å²) in [5, 5.41) is 54.2. The number of hydrogen-bond donors (Lipinski definition) is 6. The molecule has 1 aliphatic rings. The van der Waals surface area contributed by atoms with Gasteiger partial charge in [-0.15, -0.1) is 0 Å². The van der Waals surface area contributed by atoms with Gasteiger partial charge in [-0.05, 0) is 70.6 Å². The van der Waals surface area contributed by atoms with Crippen molar-refractivity contribution < 1.29 is 39.8 Å². The Balaban J connectivity index is 2.00. The molecule has 73 heavy (non-hydrogen) atoms. The lowest BCUT2D eigenvalue weighted by Crippen LogP contribution is -2.60. The van der Waals surface area contributed by atoms with Crippen molar-refractivity contribution in [1.82, 2.24) is 5.32 Å². The molecule has 0 aromatic rings. The van der Waals surface area contributed by atoms with Gasteiger partial charge in [-0.3, -0.25) is 4.79 Å². The van der Waals surface area contributed by atoms with Gasteiger partial charge < -0.3 is 40.3 Å². The highest BCUT2D eigenvalue weighted by atomic mass is 16.7. The largest absolute Gasteiger partial charge is 0.394 e. The maximum Gasteiger partial charge on any atom is 0.220 e. The molecule has 6 N–H and O–H groups in total. The summed E-state index contributed by atoms with van der Waals surface area (Å²) in [7, 11) is 0. The van der Waals surface area contributed by atoms with Gasteiger partial charge in [0.05, 0.1) is 25.4 Å². The van der Waals surface area contributed by atoms with Crippen molar-refractivity contribution >= 4 is 5.91 Å². The average Bonchev–Trinajstić information content (AvgIpc) is 3.39. The summed E-state index contributed by atoms with van der Waals surface area (Å²) in [4.78, 5) is 13.0. The maximum absolute atomic E-state index is 13.0. The molecule has 0 radical (unpaired) electrons. The van der Waals surface area contributed by atoms with Crippen LogP contribution in [0.4, 0.5) is 0 Å². The van der Waals surface area contributed by atoms with Crippen LogP contribution in [0.2, 0.25) is 0 Å². The third-order valence-electron chi connectivity index (χ3n) is 14.0. The molecule has 7 unspecified atom stereocenters. The number of carbonyl (C=O) groups excluding carboxylic acids is 1. The fourth-order valence-corrected chi connectivity index (χ4v) is 9.22. The Kier molecular flexibility index (Phi) is 49.5. The van der Waals surface area contributed by atoms with Gasteiger partial charge in [-0.25, -0.2) is 0 Å². The quantitative estimate of drug-likeness (QED) is 0.0261. The number of aliphatic hydroxyl groups excluding tert-OH is 5. The highest BCUT2D eigenvalue weighted by molar-refractivity contribution is 5.76. The molecule has 0 aliphatic carbocycles. The van der Waals surface area contributed by atoms with Crippen LogP contribution in [0.3, 0.4) is 0 Å². The topological polar surface area (TPSA) is 149 Å². The molecule has 1 heterocycles. The van der Waals surface area contributed by atoms with Gasteiger partial charge in [0.25, 0.3) is 0 Å². The zero-order chi connectivity index (χ0) is 52.9. The van der Waals surface area contributed by atoms with E-state index in [0.717, 1.165) is 77.0 Å². The Morgan fingerprint density at radius 2 is 0.849 bits per heavy atom. The van der Waals surface area contributed by atoms with E-state index in [9.17, 15) is 30.3 Å². The van der Waals surface area contributed by atoms with Gasteiger partial charge in [0.1, 0.15) is 24.4 Å². The van der Waals surface area contributed by atoms with E-state index in [1.165, 1.54) is 161 Å². The summed E-state index contributed by atoms with van der Waals surface area (Å²) < 4.78 is 11.2. The summed E-state index contributed by atoms with van der Waals surface area (Å²) >= 11 is 0. The van der Waals surface area contributed by atoms with E-state index in [1.807, 2.05) is 6.08 Å². The Bertz CT molecular complexity index is 1420. The monoisotopic (exact) mass is 1020 g/mol. The van der Waals surface area contributed by atoms with Crippen LogP contribution in [0, 0.1) is 0 Å². The van der Waals surface area contributed by atoms with Crippen LogP contribution in [-0.2, 0) is 14.3 Å². The SMILES string of the molecule is CC/C=C\C/C=C\C/C=C\C/C=C\C/C=C\C/C=C\CCCCCCCCCCCCCCCCCCCCCCCCC(=O)NC(COC1OC(CO)C(O)C(O)C1O)C(O)/C=C/CCCCCCCCC. The number of hydrogen-bond acceptors (Lipinski definition) is 8. The van der Waals surface area contributed by atoms with Gasteiger partial charge in [0.2, 0.25) is 5.91 Å². The lowest BCUT2D eigenvalue weighted by atomic mass is 9.99. The molecular formula is C64H113NO8. The average molecular weight is 1020 g/mol. The zero-order valence-electron chi connectivity index (χ0n) is 46.9. The van der Waals surface area contributed by atoms with Crippen molar-refractivity contribution in [3.63, 3.8) is 0 Å². The van der Waals surface area contributed by atoms with Crippen molar-refractivity contribution in [2.75, 3.05) is 13.2 Å². The number of aliphatic hydroxyl groups is 5.